The third kappa shape index (κ3) is 3.05. The lowest BCUT2D eigenvalue weighted by molar-refractivity contribution is 0.0584. The number of rotatable bonds is 1. The van der Waals surface area contributed by atoms with Gasteiger partial charge in [0.25, 0.3) is 0 Å². The molecule has 3 rings (SSSR count). The molecule has 0 aromatic heterocycles. The molecule has 4 heteroatoms. The van der Waals surface area contributed by atoms with Crippen molar-refractivity contribution < 1.29 is 14.3 Å². The van der Waals surface area contributed by atoms with Crippen molar-refractivity contribution in [3.05, 3.63) is 29.3 Å². The molecule has 0 saturated carbocycles. The minimum atomic E-state index is -0.462. The summed E-state index contributed by atoms with van der Waals surface area (Å²) in [6.07, 6.45) is 1.71. The van der Waals surface area contributed by atoms with Gasteiger partial charge in [-0.15, -0.1) is 0 Å². The third-order valence-corrected chi connectivity index (χ3v) is 4.02. The Kier molecular flexibility index (Phi) is 3.66. The predicted octanol–water partition coefficient (Wildman–Crippen LogP) is 3.49. The van der Waals surface area contributed by atoms with Crippen molar-refractivity contribution in [1.29, 1.82) is 0 Å². The van der Waals surface area contributed by atoms with E-state index in [0.29, 0.717) is 12.5 Å². The molecule has 114 valence electrons. The first-order valence-electron chi connectivity index (χ1n) is 7.65. The summed E-state index contributed by atoms with van der Waals surface area (Å²) in [6, 6.07) is 6.47. The van der Waals surface area contributed by atoms with Gasteiger partial charge in [-0.05, 0) is 50.8 Å². The minimum Gasteiger partial charge on any atom is -0.443 e. The van der Waals surface area contributed by atoms with E-state index in [1.165, 1.54) is 11.1 Å². The lowest BCUT2D eigenvalue weighted by Gasteiger charge is -2.25. The van der Waals surface area contributed by atoms with Gasteiger partial charge in [-0.25, -0.2) is 4.79 Å². The van der Waals surface area contributed by atoms with Crippen molar-refractivity contribution in [2.24, 2.45) is 0 Å². The number of fused-ring (bicyclic) bond motifs is 1. The number of carbonyl (C=O) groups excluding carboxylic acids is 1. The molecule has 0 radical (unpaired) electrons. The zero-order valence-electron chi connectivity index (χ0n) is 13.0. The summed E-state index contributed by atoms with van der Waals surface area (Å²) in [4.78, 5) is 14.1. The number of nitrogens with zero attached hydrogens (tertiary/aromatic N) is 1. The Balaban J connectivity index is 1.83. The zero-order valence-corrected chi connectivity index (χ0v) is 13.0. The Morgan fingerprint density at radius 3 is 2.86 bits per heavy atom. The smallest absolute Gasteiger partial charge is 0.414 e. The molecule has 1 amide bonds. The number of hydrogen-bond acceptors (Lipinski definition) is 3. The van der Waals surface area contributed by atoms with Gasteiger partial charge in [-0.3, -0.25) is 4.90 Å². The van der Waals surface area contributed by atoms with Crippen molar-refractivity contribution in [2.75, 3.05) is 24.7 Å². The van der Waals surface area contributed by atoms with E-state index in [9.17, 15) is 4.79 Å². The first-order valence-corrected chi connectivity index (χ1v) is 7.65. The van der Waals surface area contributed by atoms with Crippen LogP contribution in [0.5, 0.6) is 0 Å². The zero-order chi connectivity index (χ0) is 15.0. The molecule has 0 spiro atoms. The second kappa shape index (κ2) is 5.34. The predicted molar refractivity (Wildman–Crippen MR) is 81.9 cm³/mol. The Hall–Kier alpha value is -1.55. The lowest BCUT2D eigenvalue weighted by atomic mass is 9.96. The number of carbonyl (C=O) groups is 1. The average Bonchev–Trinajstić information content (AvgIpc) is 3.05. The van der Waals surface area contributed by atoms with E-state index in [2.05, 4.69) is 18.2 Å². The van der Waals surface area contributed by atoms with Crippen LogP contribution in [0.4, 0.5) is 10.5 Å². The quantitative estimate of drug-likeness (QED) is 0.794. The van der Waals surface area contributed by atoms with Crippen LogP contribution < -0.4 is 4.90 Å². The Bertz CT molecular complexity index is 541. The normalized spacial score (nSPS) is 21.5. The number of benzene rings is 1. The molecule has 1 atom stereocenters. The third-order valence-electron chi connectivity index (χ3n) is 4.02. The van der Waals surface area contributed by atoms with E-state index < -0.39 is 5.60 Å². The fourth-order valence-electron chi connectivity index (χ4n) is 2.95. The van der Waals surface area contributed by atoms with Crippen LogP contribution in [0.1, 0.15) is 44.2 Å². The van der Waals surface area contributed by atoms with Crippen LogP contribution in [-0.4, -0.2) is 31.5 Å². The van der Waals surface area contributed by atoms with Gasteiger partial charge in [0.2, 0.25) is 0 Å². The van der Waals surface area contributed by atoms with Gasteiger partial charge in [0.15, 0.2) is 0 Å². The van der Waals surface area contributed by atoms with E-state index in [1.807, 2.05) is 20.8 Å². The molecule has 1 fully saturated rings. The van der Waals surface area contributed by atoms with E-state index in [1.54, 1.807) is 4.90 Å². The molecule has 0 aliphatic carbocycles. The first kappa shape index (κ1) is 14.4. The molecular formula is C17H23NO3. The topological polar surface area (TPSA) is 38.8 Å². The van der Waals surface area contributed by atoms with Crippen molar-refractivity contribution in [3.8, 4) is 0 Å². The van der Waals surface area contributed by atoms with Crippen molar-refractivity contribution >= 4 is 11.8 Å². The average molecular weight is 289 g/mol. The Morgan fingerprint density at radius 1 is 1.38 bits per heavy atom. The van der Waals surface area contributed by atoms with E-state index in [-0.39, 0.29) is 6.09 Å². The molecule has 1 aromatic carbocycles. The van der Waals surface area contributed by atoms with Crippen molar-refractivity contribution in [3.63, 3.8) is 0 Å². The van der Waals surface area contributed by atoms with Gasteiger partial charge in [0, 0.05) is 19.1 Å². The van der Waals surface area contributed by atoms with Crippen molar-refractivity contribution in [2.45, 2.75) is 45.1 Å². The summed E-state index contributed by atoms with van der Waals surface area (Å²) >= 11 is 0. The molecule has 4 nitrogen and oxygen atoms in total. The first-order chi connectivity index (χ1) is 9.94. The highest BCUT2D eigenvalue weighted by atomic mass is 16.6. The SMILES string of the molecule is CC(C)(C)OC(=O)N1CCc2ccc(C3CCOC3)cc21. The molecular weight excluding hydrogens is 266 g/mol. The fourth-order valence-corrected chi connectivity index (χ4v) is 2.95. The summed E-state index contributed by atoms with van der Waals surface area (Å²) in [7, 11) is 0. The minimum absolute atomic E-state index is 0.249. The van der Waals surface area contributed by atoms with Gasteiger partial charge in [-0.2, -0.15) is 0 Å². The summed E-state index contributed by atoms with van der Waals surface area (Å²) in [5.41, 5.74) is 3.04. The monoisotopic (exact) mass is 289 g/mol. The van der Waals surface area contributed by atoms with Crippen LogP contribution in [0.3, 0.4) is 0 Å². The maximum Gasteiger partial charge on any atom is 0.414 e. The summed E-state index contributed by atoms with van der Waals surface area (Å²) in [5, 5.41) is 0. The maximum atomic E-state index is 12.3. The molecule has 0 bridgehead atoms. The number of ether oxygens (including phenoxy) is 2. The number of anilines is 1. The van der Waals surface area contributed by atoms with Crippen LogP contribution in [0.15, 0.2) is 18.2 Å². The number of amides is 1. The number of hydrogen-bond donors (Lipinski definition) is 0. The summed E-state index contributed by atoms with van der Waals surface area (Å²) in [5.74, 6) is 0.455. The van der Waals surface area contributed by atoms with Crippen LogP contribution >= 0.6 is 0 Å². The lowest BCUT2D eigenvalue weighted by Crippen LogP contribution is -2.35. The molecule has 2 heterocycles. The Morgan fingerprint density at radius 2 is 2.19 bits per heavy atom. The molecule has 1 saturated heterocycles. The molecule has 2 aliphatic heterocycles. The molecule has 21 heavy (non-hydrogen) atoms. The van der Waals surface area contributed by atoms with Crippen LogP contribution in [0, 0.1) is 0 Å². The molecule has 1 unspecified atom stereocenters. The highest BCUT2D eigenvalue weighted by Crippen LogP contribution is 2.34. The highest BCUT2D eigenvalue weighted by molar-refractivity contribution is 5.90. The largest absolute Gasteiger partial charge is 0.443 e. The second-order valence-electron chi connectivity index (χ2n) is 6.83. The van der Waals surface area contributed by atoms with E-state index in [0.717, 1.165) is 31.7 Å². The van der Waals surface area contributed by atoms with Gasteiger partial charge in [0.05, 0.1) is 12.3 Å². The van der Waals surface area contributed by atoms with Gasteiger partial charge >= 0.3 is 6.09 Å². The van der Waals surface area contributed by atoms with Gasteiger partial charge in [0.1, 0.15) is 5.60 Å². The van der Waals surface area contributed by atoms with E-state index in [4.69, 9.17) is 9.47 Å². The second-order valence-corrected chi connectivity index (χ2v) is 6.83. The summed E-state index contributed by atoms with van der Waals surface area (Å²) in [6.45, 7) is 8.01. The standard InChI is InChI=1S/C17H23NO3/c1-17(2,3)21-16(19)18-8-6-12-4-5-13(10-15(12)18)14-7-9-20-11-14/h4-5,10,14H,6-9,11H2,1-3H3. The van der Waals surface area contributed by atoms with Gasteiger partial charge < -0.3 is 9.47 Å². The highest BCUT2D eigenvalue weighted by Gasteiger charge is 2.30. The maximum absolute atomic E-state index is 12.3. The van der Waals surface area contributed by atoms with Crippen LogP contribution in [0.2, 0.25) is 0 Å². The molecule has 1 aromatic rings. The van der Waals surface area contributed by atoms with Gasteiger partial charge in [-0.1, -0.05) is 12.1 Å². The molecule has 0 N–H and O–H groups in total. The summed E-state index contributed by atoms with van der Waals surface area (Å²) < 4.78 is 11.0. The van der Waals surface area contributed by atoms with Crippen LogP contribution in [0.25, 0.3) is 0 Å². The van der Waals surface area contributed by atoms with Crippen LogP contribution in [-0.2, 0) is 15.9 Å². The molecule has 2 aliphatic rings. The van der Waals surface area contributed by atoms with Crippen molar-refractivity contribution in [1.82, 2.24) is 0 Å². The Labute approximate surface area is 126 Å². The van der Waals surface area contributed by atoms with E-state index >= 15 is 0 Å². The fraction of sp³-hybridized carbons (Fsp3) is 0.588.